The van der Waals surface area contributed by atoms with Crippen molar-refractivity contribution in [1.29, 1.82) is 0 Å². The molecular formula is C18H15ClF2N2O5S. The third kappa shape index (κ3) is 4.13. The first-order valence-electron chi connectivity index (χ1n) is 8.06. The number of hydrogen-bond donors (Lipinski definition) is 0. The van der Waals surface area contributed by atoms with E-state index in [2.05, 4.69) is 5.16 Å². The van der Waals surface area contributed by atoms with E-state index in [0.29, 0.717) is 29.2 Å². The lowest BCUT2D eigenvalue weighted by molar-refractivity contribution is 0.391. The first kappa shape index (κ1) is 20.9. The number of benzene rings is 2. The minimum atomic E-state index is -4.53. The Morgan fingerprint density at radius 1 is 1.10 bits per heavy atom. The topological polar surface area (TPSA) is 81.9 Å². The molecule has 0 aliphatic heterocycles. The molecule has 0 amide bonds. The fourth-order valence-electron chi connectivity index (χ4n) is 2.58. The highest BCUT2D eigenvalue weighted by atomic mass is 35.5. The maximum absolute atomic E-state index is 14.3. The van der Waals surface area contributed by atoms with Crippen LogP contribution in [0.2, 0.25) is 5.02 Å². The number of hydrogen-bond acceptors (Lipinski definition) is 6. The summed E-state index contributed by atoms with van der Waals surface area (Å²) in [6.07, 6.45) is 1.16. The van der Waals surface area contributed by atoms with Crippen molar-refractivity contribution in [2.24, 2.45) is 0 Å². The molecule has 0 bridgehead atoms. The van der Waals surface area contributed by atoms with Gasteiger partial charge in [-0.3, -0.25) is 0 Å². The van der Waals surface area contributed by atoms with E-state index in [1.807, 2.05) is 0 Å². The summed E-state index contributed by atoms with van der Waals surface area (Å²) >= 11 is 5.67. The van der Waals surface area contributed by atoms with Crippen LogP contribution in [-0.4, -0.2) is 27.8 Å². The standard InChI is InChI=1S/C18H15ClF2N2O5S/c1-26-12-4-3-11(16(7-12)27-2)10-23(18-5-6-28-22-18)29(24,25)17-8-13(19)14(20)9-15(17)21/h3-9H,10H2,1-2H3. The van der Waals surface area contributed by atoms with Crippen molar-refractivity contribution in [2.75, 3.05) is 18.5 Å². The molecule has 154 valence electrons. The van der Waals surface area contributed by atoms with Crippen LogP contribution in [0.4, 0.5) is 14.6 Å². The molecule has 1 heterocycles. The van der Waals surface area contributed by atoms with Gasteiger partial charge in [-0.2, -0.15) is 0 Å². The molecule has 1 aromatic heterocycles. The maximum atomic E-state index is 14.3. The fraction of sp³-hybridized carbons (Fsp3) is 0.167. The van der Waals surface area contributed by atoms with Gasteiger partial charge in [0.05, 0.1) is 25.8 Å². The van der Waals surface area contributed by atoms with Crippen molar-refractivity contribution in [1.82, 2.24) is 5.16 Å². The summed E-state index contributed by atoms with van der Waals surface area (Å²) in [5.41, 5.74) is 0.438. The third-order valence-corrected chi connectivity index (χ3v) is 6.09. The zero-order chi connectivity index (χ0) is 21.2. The van der Waals surface area contributed by atoms with Gasteiger partial charge in [-0.1, -0.05) is 16.8 Å². The second kappa shape index (κ2) is 8.26. The van der Waals surface area contributed by atoms with Gasteiger partial charge in [-0.15, -0.1) is 0 Å². The van der Waals surface area contributed by atoms with Gasteiger partial charge in [0.2, 0.25) is 0 Å². The van der Waals surface area contributed by atoms with Crippen molar-refractivity contribution in [2.45, 2.75) is 11.4 Å². The molecule has 2 aromatic carbocycles. The van der Waals surface area contributed by atoms with Crippen molar-refractivity contribution < 1.29 is 31.2 Å². The van der Waals surface area contributed by atoms with Crippen LogP contribution in [-0.2, 0) is 16.6 Å². The monoisotopic (exact) mass is 444 g/mol. The maximum Gasteiger partial charge on any atom is 0.268 e. The van der Waals surface area contributed by atoms with Crippen molar-refractivity contribution in [3.8, 4) is 11.5 Å². The molecule has 0 fully saturated rings. The van der Waals surface area contributed by atoms with Gasteiger partial charge >= 0.3 is 0 Å². The molecule has 29 heavy (non-hydrogen) atoms. The summed E-state index contributed by atoms with van der Waals surface area (Å²) in [5, 5.41) is 3.11. The molecule has 0 saturated heterocycles. The molecule has 3 rings (SSSR count). The zero-order valence-electron chi connectivity index (χ0n) is 15.2. The highest BCUT2D eigenvalue weighted by molar-refractivity contribution is 7.92. The Bertz CT molecular complexity index is 1120. The molecule has 0 spiro atoms. The molecule has 0 aliphatic carbocycles. The van der Waals surface area contributed by atoms with Gasteiger partial charge in [0.15, 0.2) is 5.82 Å². The number of methoxy groups -OCH3 is 2. The number of rotatable bonds is 7. The lowest BCUT2D eigenvalue weighted by atomic mass is 10.2. The van der Waals surface area contributed by atoms with E-state index in [4.69, 9.17) is 25.6 Å². The number of aromatic nitrogens is 1. The smallest absolute Gasteiger partial charge is 0.268 e. The van der Waals surface area contributed by atoms with Crippen LogP contribution in [0.3, 0.4) is 0 Å². The van der Waals surface area contributed by atoms with E-state index < -0.39 is 31.6 Å². The molecule has 0 radical (unpaired) electrons. The number of ether oxygens (including phenoxy) is 2. The normalized spacial score (nSPS) is 11.3. The Morgan fingerprint density at radius 3 is 2.48 bits per heavy atom. The van der Waals surface area contributed by atoms with Crippen LogP contribution in [0.15, 0.2) is 52.1 Å². The van der Waals surface area contributed by atoms with Gasteiger partial charge < -0.3 is 14.0 Å². The lowest BCUT2D eigenvalue weighted by Gasteiger charge is -2.23. The number of nitrogens with zero attached hydrogens (tertiary/aromatic N) is 2. The molecule has 11 heteroatoms. The summed E-state index contributed by atoms with van der Waals surface area (Å²) in [4.78, 5) is -0.806. The summed E-state index contributed by atoms with van der Waals surface area (Å²) in [7, 11) is -1.65. The molecule has 0 unspecified atom stereocenters. The Morgan fingerprint density at radius 2 is 1.86 bits per heavy atom. The first-order chi connectivity index (χ1) is 13.8. The van der Waals surface area contributed by atoms with Crippen LogP contribution in [0.25, 0.3) is 0 Å². The van der Waals surface area contributed by atoms with Crippen LogP contribution < -0.4 is 13.8 Å². The van der Waals surface area contributed by atoms with E-state index in [1.54, 1.807) is 18.2 Å². The number of halogens is 3. The van der Waals surface area contributed by atoms with Gasteiger partial charge in [0, 0.05) is 23.8 Å². The van der Waals surface area contributed by atoms with Crippen LogP contribution in [0.1, 0.15) is 5.56 Å². The van der Waals surface area contributed by atoms with Crippen LogP contribution in [0.5, 0.6) is 11.5 Å². The number of sulfonamides is 1. The molecule has 0 aliphatic rings. The van der Waals surface area contributed by atoms with Crippen molar-refractivity contribution in [3.63, 3.8) is 0 Å². The summed E-state index contributed by atoms with van der Waals surface area (Å²) in [6.45, 7) is -0.281. The second-order valence-corrected chi connectivity index (χ2v) is 7.98. The Labute approximate surface area is 170 Å². The highest BCUT2D eigenvalue weighted by Crippen LogP contribution is 2.32. The summed E-state index contributed by atoms with van der Waals surface area (Å²) < 4.78 is 70.2. The van der Waals surface area contributed by atoms with Crippen molar-refractivity contribution >= 4 is 27.4 Å². The van der Waals surface area contributed by atoms with Crippen LogP contribution in [0, 0.1) is 11.6 Å². The van der Waals surface area contributed by atoms with Crippen LogP contribution >= 0.6 is 11.6 Å². The average molecular weight is 445 g/mol. The third-order valence-electron chi connectivity index (χ3n) is 4.03. The predicted octanol–water partition coefficient (Wildman–Crippen LogP) is 4.02. The zero-order valence-corrected chi connectivity index (χ0v) is 16.8. The molecule has 0 saturated carbocycles. The summed E-state index contributed by atoms with van der Waals surface area (Å²) in [5.74, 6) is -1.64. The lowest BCUT2D eigenvalue weighted by Crippen LogP contribution is -2.31. The average Bonchev–Trinajstić information content (AvgIpc) is 3.22. The molecule has 0 atom stereocenters. The van der Waals surface area contributed by atoms with Gasteiger partial charge in [-0.05, 0) is 18.2 Å². The SMILES string of the molecule is COc1ccc(CN(c2ccon2)S(=O)(=O)c2cc(Cl)c(F)cc2F)c(OC)c1. The summed E-state index contributed by atoms with van der Waals surface area (Å²) in [6, 6.07) is 7.17. The second-order valence-electron chi connectivity index (χ2n) is 5.74. The fourth-order valence-corrected chi connectivity index (χ4v) is 4.27. The van der Waals surface area contributed by atoms with Gasteiger partial charge in [0.25, 0.3) is 10.0 Å². The quantitative estimate of drug-likeness (QED) is 0.512. The van der Waals surface area contributed by atoms with E-state index in [-0.39, 0.29) is 12.4 Å². The van der Waals surface area contributed by atoms with E-state index in [9.17, 15) is 17.2 Å². The van der Waals surface area contributed by atoms with Gasteiger partial charge in [-0.25, -0.2) is 21.5 Å². The van der Waals surface area contributed by atoms with Gasteiger partial charge in [0.1, 0.15) is 34.3 Å². The minimum Gasteiger partial charge on any atom is -0.497 e. The largest absolute Gasteiger partial charge is 0.497 e. The number of anilines is 1. The Kier molecular flexibility index (Phi) is 5.94. The molecule has 7 nitrogen and oxygen atoms in total. The Hall–Kier alpha value is -2.85. The van der Waals surface area contributed by atoms with E-state index in [1.165, 1.54) is 20.3 Å². The Balaban J connectivity index is 2.11. The van der Waals surface area contributed by atoms with E-state index in [0.717, 1.165) is 10.6 Å². The first-order valence-corrected chi connectivity index (χ1v) is 9.88. The highest BCUT2D eigenvalue weighted by Gasteiger charge is 2.31. The predicted molar refractivity (Wildman–Crippen MR) is 101 cm³/mol. The van der Waals surface area contributed by atoms with E-state index >= 15 is 0 Å². The molecular weight excluding hydrogens is 430 g/mol. The van der Waals surface area contributed by atoms with Crippen molar-refractivity contribution in [3.05, 3.63) is 64.9 Å². The molecule has 3 aromatic rings. The minimum absolute atomic E-state index is 0.109. The molecule has 0 N–H and O–H groups in total.